The highest BCUT2D eigenvalue weighted by Gasteiger charge is 2.45. The van der Waals surface area contributed by atoms with Crippen molar-refractivity contribution in [1.29, 1.82) is 0 Å². The van der Waals surface area contributed by atoms with Crippen molar-refractivity contribution in [3.8, 4) is 0 Å². The van der Waals surface area contributed by atoms with Crippen LogP contribution in [-0.4, -0.2) is 29.9 Å². The van der Waals surface area contributed by atoms with Crippen molar-refractivity contribution in [2.75, 3.05) is 13.1 Å². The zero-order valence-electron chi connectivity index (χ0n) is 13.9. The van der Waals surface area contributed by atoms with Crippen LogP contribution in [0.2, 0.25) is 0 Å². The first-order valence-electron chi connectivity index (χ1n) is 8.84. The van der Waals surface area contributed by atoms with Crippen LogP contribution in [0.1, 0.15) is 51.0 Å². The largest absolute Gasteiger partial charge is 0.342 e. The second-order valence-corrected chi connectivity index (χ2v) is 7.29. The Morgan fingerprint density at radius 2 is 1.96 bits per heavy atom. The topological polar surface area (TPSA) is 46.3 Å². The summed E-state index contributed by atoms with van der Waals surface area (Å²) in [6, 6.07) is 6.83. The van der Waals surface area contributed by atoms with E-state index in [9.17, 15) is 9.18 Å². The van der Waals surface area contributed by atoms with Gasteiger partial charge in [0, 0.05) is 19.1 Å². The number of nitrogens with zero attached hydrogens (tertiary/aromatic N) is 1. The van der Waals surface area contributed by atoms with Crippen LogP contribution in [0, 0.1) is 11.7 Å². The summed E-state index contributed by atoms with van der Waals surface area (Å²) in [6.07, 6.45) is 5.70. The maximum Gasteiger partial charge on any atom is 0.233 e. The van der Waals surface area contributed by atoms with Gasteiger partial charge < -0.3 is 10.6 Å². The number of piperidine rings is 1. The zero-order valence-corrected chi connectivity index (χ0v) is 13.9. The fourth-order valence-corrected chi connectivity index (χ4v) is 4.32. The molecule has 0 aromatic heterocycles. The highest BCUT2D eigenvalue weighted by molar-refractivity contribution is 5.88. The van der Waals surface area contributed by atoms with Gasteiger partial charge >= 0.3 is 0 Å². The Kier molecular flexibility index (Phi) is 4.72. The molecule has 1 aliphatic carbocycles. The summed E-state index contributed by atoms with van der Waals surface area (Å²) in [4.78, 5) is 15.3. The first kappa shape index (κ1) is 16.4. The number of benzene rings is 1. The molecule has 4 heteroatoms. The van der Waals surface area contributed by atoms with E-state index in [1.807, 2.05) is 17.9 Å². The Morgan fingerprint density at radius 3 is 2.52 bits per heavy atom. The van der Waals surface area contributed by atoms with Gasteiger partial charge in [0.1, 0.15) is 5.82 Å². The van der Waals surface area contributed by atoms with Gasteiger partial charge in [0.05, 0.1) is 5.41 Å². The molecule has 1 aromatic rings. The minimum Gasteiger partial charge on any atom is -0.342 e. The highest BCUT2D eigenvalue weighted by Crippen LogP contribution is 2.43. The van der Waals surface area contributed by atoms with Crippen LogP contribution in [-0.2, 0) is 10.2 Å². The number of amides is 1. The average Bonchev–Trinajstić information content (AvgIpc) is 3.05. The van der Waals surface area contributed by atoms with Crippen molar-refractivity contribution in [2.45, 2.75) is 56.9 Å². The Hall–Kier alpha value is -1.42. The minimum atomic E-state index is -0.511. The molecule has 1 aromatic carbocycles. The maximum atomic E-state index is 13.7. The quantitative estimate of drug-likeness (QED) is 0.930. The average molecular weight is 318 g/mol. The number of hydrogen-bond acceptors (Lipinski definition) is 2. The molecule has 0 radical (unpaired) electrons. The summed E-state index contributed by atoms with van der Waals surface area (Å²) in [7, 11) is 0. The monoisotopic (exact) mass is 318 g/mol. The van der Waals surface area contributed by atoms with Gasteiger partial charge in [-0.15, -0.1) is 0 Å². The van der Waals surface area contributed by atoms with Crippen LogP contribution in [0.25, 0.3) is 0 Å². The van der Waals surface area contributed by atoms with Crippen LogP contribution >= 0.6 is 0 Å². The molecule has 1 saturated carbocycles. The Balaban J connectivity index is 1.80. The lowest BCUT2D eigenvalue weighted by molar-refractivity contribution is -0.138. The molecule has 0 bridgehead atoms. The molecule has 2 fully saturated rings. The number of hydrogen-bond donors (Lipinski definition) is 1. The third kappa shape index (κ3) is 3.14. The smallest absolute Gasteiger partial charge is 0.233 e. The molecule has 1 amide bonds. The van der Waals surface area contributed by atoms with Crippen LogP contribution < -0.4 is 5.73 Å². The van der Waals surface area contributed by atoms with Gasteiger partial charge in [-0.3, -0.25) is 4.79 Å². The zero-order chi connectivity index (χ0) is 16.4. The lowest BCUT2D eigenvalue weighted by Gasteiger charge is -2.39. The van der Waals surface area contributed by atoms with E-state index in [1.54, 1.807) is 12.1 Å². The Bertz CT molecular complexity index is 558. The van der Waals surface area contributed by atoms with Gasteiger partial charge in [0.15, 0.2) is 0 Å². The lowest BCUT2D eigenvalue weighted by Crippen LogP contribution is -2.50. The third-order valence-corrected chi connectivity index (χ3v) is 5.81. The van der Waals surface area contributed by atoms with Gasteiger partial charge in [-0.1, -0.05) is 25.0 Å². The number of carbonyl (C=O) groups excluding carboxylic acids is 1. The maximum absolute atomic E-state index is 13.7. The van der Waals surface area contributed by atoms with E-state index in [0.717, 1.165) is 57.2 Å². The summed E-state index contributed by atoms with van der Waals surface area (Å²) in [5.41, 5.74) is 6.34. The standard InChI is InChI=1S/C19H27FN2O/c1-14(21)15-7-11-22(12-8-15)18(23)19(9-2-3-10-19)16-5-4-6-17(20)13-16/h4-6,13-15H,2-3,7-12,21H2,1H3. The van der Waals surface area contributed by atoms with E-state index in [1.165, 1.54) is 6.07 Å². The predicted octanol–water partition coefficient (Wildman–Crippen LogP) is 3.22. The van der Waals surface area contributed by atoms with E-state index >= 15 is 0 Å². The molecule has 1 aliphatic heterocycles. The number of likely N-dealkylation sites (tertiary alicyclic amines) is 1. The van der Waals surface area contributed by atoms with E-state index < -0.39 is 5.41 Å². The summed E-state index contributed by atoms with van der Waals surface area (Å²) >= 11 is 0. The van der Waals surface area contributed by atoms with E-state index in [2.05, 4.69) is 0 Å². The molecular formula is C19H27FN2O. The fraction of sp³-hybridized carbons (Fsp3) is 0.632. The second kappa shape index (κ2) is 6.60. The van der Waals surface area contributed by atoms with Crippen molar-refractivity contribution in [2.24, 2.45) is 11.7 Å². The van der Waals surface area contributed by atoms with Crippen molar-refractivity contribution < 1.29 is 9.18 Å². The summed E-state index contributed by atoms with van der Waals surface area (Å²) in [5, 5.41) is 0. The highest BCUT2D eigenvalue weighted by atomic mass is 19.1. The molecule has 23 heavy (non-hydrogen) atoms. The van der Waals surface area contributed by atoms with Gasteiger partial charge in [-0.25, -0.2) is 4.39 Å². The minimum absolute atomic E-state index is 0.191. The molecule has 1 atom stereocenters. The molecule has 1 heterocycles. The van der Waals surface area contributed by atoms with Crippen LogP contribution in [0.15, 0.2) is 24.3 Å². The van der Waals surface area contributed by atoms with Crippen LogP contribution in [0.5, 0.6) is 0 Å². The molecule has 1 saturated heterocycles. The number of rotatable bonds is 3. The van der Waals surface area contributed by atoms with Gasteiger partial charge in [-0.2, -0.15) is 0 Å². The normalized spacial score (nSPS) is 23.0. The first-order valence-corrected chi connectivity index (χ1v) is 8.84. The van der Waals surface area contributed by atoms with E-state index in [-0.39, 0.29) is 17.8 Å². The van der Waals surface area contributed by atoms with E-state index in [4.69, 9.17) is 5.73 Å². The lowest BCUT2D eigenvalue weighted by atomic mass is 9.76. The van der Waals surface area contributed by atoms with Crippen molar-refractivity contribution in [3.63, 3.8) is 0 Å². The third-order valence-electron chi connectivity index (χ3n) is 5.81. The molecular weight excluding hydrogens is 291 g/mol. The second-order valence-electron chi connectivity index (χ2n) is 7.29. The summed E-state index contributed by atoms with van der Waals surface area (Å²) in [5.74, 6) is 0.453. The van der Waals surface area contributed by atoms with Crippen LogP contribution in [0.3, 0.4) is 0 Å². The van der Waals surface area contributed by atoms with E-state index in [0.29, 0.717) is 5.92 Å². The van der Waals surface area contributed by atoms with Crippen molar-refractivity contribution in [3.05, 3.63) is 35.6 Å². The van der Waals surface area contributed by atoms with Crippen molar-refractivity contribution in [1.82, 2.24) is 4.90 Å². The number of halogens is 1. The Labute approximate surface area is 138 Å². The molecule has 1 unspecified atom stereocenters. The molecule has 3 nitrogen and oxygen atoms in total. The molecule has 0 spiro atoms. The molecule has 3 rings (SSSR count). The van der Waals surface area contributed by atoms with Crippen molar-refractivity contribution >= 4 is 5.91 Å². The summed E-state index contributed by atoms with van der Waals surface area (Å²) in [6.45, 7) is 3.61. The first-order chi connectivity index (χ1) is 11.0. The number of nitrogens with two attached hydrogens (primary N) is 1. The van der Waals surface area contributed by atoms with Crippen LogP contribution in [0.4, 0.5) is 4.39 Å². The van der Waals surface area contributed by atoms with Gasteiger partial charge in [0.25, 0.3) is 0 Å². The number of carbonyl (C=O) groups is 1. The fourth-order valence-electron chi connectivity index (χ4n) is 4.32. The molecule has 2 aliphatic rings. The molecule has 126 valence electrons. The summed E-state index contributed by atoms with van der Waals surface area (Å²) < 4.78 is 13.7. The Morgan fingerprint density at radius 1 is 1.30 bits per heavy atom. The SMILES string of the molecule is CC(N)C1CCN(C(=O)C2(c3cccc(F)c3)CCCC2)CC1. The predicted molar refractivity (Wildman–Crippen MR) is 89.5 cm³/mol. The van der Waals surface area contributed by atoms with Gasteiger partial charge in [-0.05, 0) is 56.2 Å². The molecule has 2 N–H and O–H groups in total. The van der Waals surface area contributed by atoms with Gasteiger partial charge in [0.2, 0.25) is 5.91 Å².